The van der Waals surface area contributed by atoms with Gasteiger partial charge >= 0.3 is 0 Å². The maximum atomic E-state index is 5.51. The lowest BCUT2D eigenvalue weighted by molar-refractivity contribution is 0.230. The van der Waals surface area contributed by atoms with E-state index in [4.69, 9.17) is 4.42 Å². The van der Waals surface area contributed by atoms with E-state index in [0.717, 1.165) is 31.2 Å². The zero-order valence-corrected chi connectivity index (χ0v) is 11.1. The summed E-state index contributed by atoms with van der Waals surface area (Å²) in [6.45, 7) is 9.40. The molecular formula is C13H24N2O. The van der Waals surface area contributed by atoms with Gasteiger partial charge in [0.05, 0.1) is 6.54 Å². The molecule has 0 aliphatic carbocycles. The van der Waals surface area contributed by atoms with E-state index in [-0.39, 0.29) is 5.41 Å². The zero-order chi connectivity index (χ0) is 12.2. The van der Waals surface area contributed by atoms with Crippen molar-refractivity contribution in [2.24, 2.45) is 5.41 Å². The Balaban J connectivity index is 2.29. The Morgan fingerprint density at radius 3 is 2.50 bits per heavy atom. The minimum Gasteiger partial charge on any atom is -0.465 e. The number of furan rings is 1. The van der Waals surface area contributed by atoms with Crippen molar-refractivity contribution < 1.29 is 4.42 Å². The zero-order valence-electron chi connectivity index (χ0n) is 11.1. The number of hydrogen-bond acceptors (Lipinski definition) is 3. The van der Waals surface area contributed by atoms with Crippen LogP contribution >= 0.6 is 0 Å². The SMILES string of the molecule is Cc1ccc(CNCC(C)(C)CN(C)C)o1. The maximum absolute atomic E-state index is 5.51. The van der Waals surface area contributed by atoms with Crippen molar-refractivity contribution in [3.05, 3.63) is 23.7 Å². The van der Waals surface area contributed by atoms with Crippen LogP contribution in [0.3, 0.4) is 0 Å². The Kier molecular flexibility index (Phi) is 4.56. The normalized spacial score (nSPS) is 12.4. The van der Waals surface area contributed by atoms with Crippen molar-refractivity contribution >= 4 is 0 Å². The van der Waals surface area contributed by atoms with Crippen molar-refractivity contribution in [1.29, 1.82) is 0 Å². The molecule has 0 aliphatic rings. The molecule has 0 bridgehead atoms. The molecule has 0 aromatic carbocycles. The molecule has 0 amide bonds. The van der Waals surface area contributed by atoms with Gasteiger partial charge in [-0.15, -0.1) is 0 Å². The van der Waals surface area contributed by atoms with Gasteiger partial charge in [-0.25, -0.2) is 0 Å². The number of nitrogens with zero attached hydrogens (tertiary/aromatic N) is 1. The molecule has 0 saturated carbocycles. The highest BCUT2D eigenvalue weighted by Crippen LogP contribution is 2.14. The number of hydrogen-bond donors (Lipinski definition) is 1. The standard InChI is InChI=1S/C13H24N2O/c1-11-6-7-12(16-11)8-14-9-13(2,3)10-15(4)5/h6-7,14H,8-10H2,1-5H3. The van der Waals surface area contributed by atoms with Crippen LogP contribution in [-0.2, 0) is 6.54 Å². The van der Waals surface area contributed by atoms with Gasteiger partial charge in [-0.2, -0.15) is 0 Å². The molecule has 1 heterocycles. The largest absolute Gasteiger partial charge is 0.465 e. The van der Waals surface area contributed by atoms with Gasteiger partial charge in [0.25, 0.3) is 0 Å². The highest BCUT2D eigenvalue weighted by Gasteiger charge is 2.18. The molecule has 92 valence electrons. The van der Waals surface area contributed by atoms with E-state index in [2.05, 4.69) is 38.2 Å². The first-order valence-electron chi connectivity index (χ1n) is 5.80. The third kappa shape index (κ3) is 4.81. The van der Waals surface area contributed by atoms with E-state index in [1.54, 1.807) is 0 Å². The molecule has 0 radical (unpaired) electrons. The molecule has 0 spiro atoms. The molecule has 1 rings (SSSR count). The van der Waals surface area contributed by atoms with Crippen molar-refractivity contribution in [3.63, 3.8) is 0 Å². The monoisotopic (exact) mass is 224 g/mol. The predicted octanol–water partition coefficient (Wildman–Crippen LogP) is 2.27. The molecule has 3 nitrogen and oxygen atoms in total. The number of aryl methyl sites for hydroxylation is 1. The lowest BCUT2D eigenvalue weighted by atomic mass is 9.93. The Morgan fingerprint density at radius 1 is 1.31 bits per heavy atom. The van der Waals surface area contributed by atoms with Gasteiger partial charge in [0.15, 0.2) is 0 Å². The van der Waals surface area contributed by atoms with Crippen molar-refractivity contribution in [3.8, 4) is 0 Å². The molecule has 3 heteroatoms. The molecular weight excluding hydrogens is 200 g/mol. The summed E-state index contributed by atoms with van der Waals surface area (Å²) >= 11 is 0. The molecule has 0 unspecified atom stereocenters. The van der Waals surface area contributed by atoms with Crippen LogP contribution in [0.15, 0.2) is 16.5 Å². The van der Waals surface area contributed by atoms with Crippen LogP contribution in [0, 0.1) is 12.3 Å². The molecule has 0 fully saturated rings. The van der Waals surface area contributed by atoms with E-state index >= 15 is 0 Å². The Labute approximate surface area is 98.8 Å². The fourth-order valence-electron chi connectivity index (χ4n) is 2.02. The van der Waals surface area contributed by atoms with Gasteiger partial charge in [-0.05, 0) is 38.6 Å². The first-order valence-corrected chi connectivity index (χ1v) is 5.80. The van der Waals surface area contributed by atoms with Crippen LogP contribution in [-0.4, -0.2) is 32.1 Å². The van der Waals surface area contributed by atoms with Gasteiger partial charge in [-0.1, -0.05) is 13.8 Å². The summed E-state index contributed by atoms with van der Waals surface area (Å²) in [7, 11) is 4.22. The first kappa shape index (κ1) is 13.3. The van der Waals surface area contributed by atoms with E-state index in [1.807, 2.05) is 19.1 Å². The van der Waals surface area contributed by atoms with Crippen LogP contribution < -0.4 is 5.32 Å². The van der Waals surface area contributed by atoms with E-state index in [1.165, 1.54) is 0 Å². The average Bonchev–Trinajstić information content (AvgIpc) is 2.48. The van der Waals surface area contributed by atoms with Gasteiger partial charge in [0.1, 0.15) is 11.5 Å². The van der Waals surface area contributed by atoms with Crippen LogP contribution in [0.2, 0.25) is 0 Å². The first-order chi connectivity index (χ1) is 7.39. The Morgan fingerprint density at radius 2 is 2.00 bits per heavy atom. The molecule has 1 aromatic rings. The second-order valence-electron chi connectivity index (χ2n) is 5.52. The quantitative estimate of drug-likeness (QED) is 0.803. The summed E-state index contributed by atoms with van der Waals surface area (Å²) in [6, 6.07) is 4.03. The number of rotatable bonds is 6. The molecule has 1 aromatic heterocycles. The van der Waals surface area contributed by atoms with Gasteiger partial charge in [-0.3, -0.25) is 0 Å². The smallest absolute Gasteiger partial charge is 0.117 e. The van der Waals surface area contributed by atoms with Crippen LogP contribution in [0.25, 0.3) is 0 Å². The summed E-state index contributed by atoms with van der Waals surface area (Å²) in [5.41, 5.74) is 0.283. The van der Waals surface area contributed by atoms with Gasteiger partial charge < -0.3 is 14.6 Å². The number of nitrogens with one attached hydrogen (secondary N) is 1. The topological polar surface area (TPSA) is 28.4 Å². The fraction of sp³-hybridized carbons (Fsp3) is 0.692. The molecule has 16 heavy (non-hydrogen) atoms. The summed E-state index contributed by atoms with van der Waals surface area (Å²) in [5.74, 6) is 1.99. The highest BCUT2D eigenvalue weighted by atomic mass is 16.3. The second-order valence-corrected chi connectivity index (χ2v) is 5.52. The van der Waals surface area contributed by atoms with Crippen molar-refractivity contribution in [2.45, 2.75) is 27.3 Å². The van der Waals surface area contributed by atoms with E-state index in [0.29, 0.717) is 0 Å². The van der Waals surface area contributed by atoms with E-state index < -0.39 is 0 Å². The average molecular weight is 224 g/mol. The van der Waals surface area contributed by atoms with Crippen LogP contribution in [0.1, 0.15) is 25.4 Å². The van der Waals surface area contributed by atoms with Gasteiger partial charge in [0.2, 0.25) is 0 Å². The fourth-order valence-corrected chi connectivity index (χ4v) is 2.02. The van der Waals surface area contributed by atoms with Crippen molar-refractivity contribution in [2.75, 3.05) is 27.2 Å². The summed E-state index contributed by atoms with van der Waals surface area (Å²) < 4.78 is 5.51. The molecule has 0 saturated heterocycles. The molecule has 1 N–H and O–H groups in total. The third-order valence-electron chi connectivity index (χ3n) is 2.44. The summed E-state index contributed by atoms with van der Waals surface area (Å²) in [5, 5.41) is 3.44. The minimum atomic E-state index is 0.283. The predicted molar refractivity (Wildman–Crippen MR) is 67.5 cm³/mol. The Hall–Kier alpha value is -0.800. The minimum absolute atomic E-state index is 0.283. The van der Waals surface area contributed by atoms with Crippen LogP contribution in [0.4, 0.5) is 0 Å². The lowest BCUT2D eigenvalue weighted by Crippen LogP contribution is -2.37. The molecule has 0 aliphatic heterocycles. The summed E-state index contributed by atoms with van der Waals surface area (Å²) in [6.07, 6.45) is 0. The highest BCUT2D eigenvalue weighted by molar-refractivity contribution is 5.05. The molecule has 0 atom stereocenters. The Bertz CT molecular complexity index is 315. The second kappa shape index (κ2) is 5.51. The van der Waals surface area contributed by atoms with Crippen LogP contribution in [0.5, 0.6) is 0 Å². The summed E-state index contributed by atoms with van der Waals surface area (Å²) in [4.78, 5) is 2.22. The maximum Gasteiger partial charge on any atom is 0.117 e. The van der Waals surface area contributed by atoms with E-state index in [9.17, 15) is 0 Å². The van der Waals surface area contributed by atoms with Gasteiger partial charge in [0, 0.05) is 13.1 Å². The third-order valence-corrected chi connectivity index (χ3v) is 2.44. The lowest BCUT2D eigenvalue weighted by Gasteiger charge is -2.28. The van der Waals surface area contributed by atoms with Crippen molar-refractivity contribution in [1.82, 2.24) is 10.2 Å².